The number of rotatable bonds is 5. The summed E-state index contributed by atoms with van der Waals surface area (Å²) >= 11 is 0. The van der Waals surface area contributed by atoms with Crippen LogP contribution in [0.1, 0.15) is 28.3 Å². The number of hydrogen-bond donors (Lipinski definition) is 1. The first-order valence-electron chi connectivity index (χ1n) is 6.98. The van der Waals surface area contributed by atoms with Crippen LogP contribution in [0.15, 0.2) is 42.7 Å². The maximum absolute atomic E-state index is 6.01. The number of benzene rings is 1. The highest BCUT2D eigenvalue weighted by molar-refractivity contribution is 5.33. The third-order valence-electron chi connectivity index (χ3n) is 3.72. The Kier molecular flexibility index (Phi) is 4.88. The topological polar surface area (TPSA) is 42.1 Å². The molecule has 0 aliphatic rings. The maximum atomic E-state index is 6.01. The lowest BCUT2D eigenvalue weighted by atomic mass is 9.98. The molecule has 1 atom stereocenters. The smallest absolute Gasteiger partial charge is 0.0473 e. The normalized spacial score (nSPS) is 12.7. The summed E-state index contributed by atoms with van der Waals surface area (Å²) in [4.78, 5) is 6.36. The van der Waals surface area contributed by atoms with E-state index in [0.29, 0.717) is 6.54 Å². The van der Waals surface area contributed by atoms with Crippen LogP contribution >= 0.6 is 0 Å². The van der Waals surface area contributed by atoms with Crippen molar-refractivity contribution in [3.05, 3.63) is 65.0 Å². The lowest BCUT2D eigenvalue weighted by molar-refractivity contribution is 0.241. The SMILES string of the molecule is Cc1ccc(C(CN)N(C)Cc2ccncc2)c(C)c1. The van der Waals surface area contributed by atoms with E-state index in [1.165, 1.54) is 22.3 Å². The Hall–Kier alpha value is -1.71. The lowest BCUT2D eigenvalue weighted by Gasteiger charge is -2.28. The summed E-state index contributed by atoms with van der Waals surface area (Å²) in [5.41, 5.74) is 11.2. The van der Waals surface area contributed by atoms with Gasteiger partial charge in [0.1, 0.15) is 0 Å². The van der Waals surface area contributed by atoms with Crippen molar-refractivity contribution in [1.29, 1.82) is 0 Å². The first-order chi connectivity index (χ1) is 9.61. The Labute approximate surface area is 121 Å². The van der Waals surface area contributed by atoms with Crippen molar-refractivity contribution in [3.8, 4) is 0 Å². The Morgan fingerprint density at radius 2 is 1.85 bits per heavy atom. The minimum Gasteiger partial charge on any atom is -0.329 e. The summed E-state index contributed by atoms with van der Waals surface area (Å²) in [5.74, 6) is 0. The van der Waals surface area contributed by atoms with Gasteiger partial charge in [0.25, 0.3) is 0 Å². The molecule has 0 aliphatic carbocycles. The van der Waals surface area contributed by atoms with Gasteiger partial charge in [0.15, 0.2) is 0 Å². The van der Waals surface area contributed by atoms with Gasteiger partial charge < -0.3 is 5.73 Å². The molecule has 2 rings (SSSR count). The van der Waals surface area contributed by atoms with Gasteiger partial charge in [-0.1, -0.05) is 23.8 Å². The van der Waals surface area contributed by atoms with E-state index in [-0.39, 0.29) is 6.04 Å². The number of likely N-dealkylation sites (N-methyl/N-ethyl adjacent to an activating group) is 1. The molecule has 0 aliphatic heterocycles. The van der Waals surface area contributed by atoms with Crippen molar-refractivity contribution < 1.29 is 0 Å². The number of pyridine rings is 1. The molecule has 1 unspecified atom stereocenters. The fourth-order valence-corrected chi connectivity index (χ4v) is 2.63. The minimum atomic E-state index is 0.240. The zero-order chi connectivity index (χ0) is 14.5. The third kappa shape index (κ3) is 3.44. The third-order valence-corrected chi connectivity index (χ3v) is 3.72. The monoisotopic (exact) mass is 269 g/mol. The van der Waals surface area contributed by atoms with Gasteiger partial charge in [-0.05, 0) is 49.7 Å². The molecule has 20 heavy (non-hydrogen) atoms. The van der Waals surface area contributed by atoms with Gasteiger partial charge in [-0.2, -0.15) is 0 Å². The molecular weight excluding hydrogens is 246 g/mol. The molecule has 0 spiro atoms. The van der Waals surface area contributed by atoms with Crippen LogP contribution < -0.4 is 5.73 Å². The molecule has 1 aromatic heterocycles. The lowest BCUT2D eigenvalue weighted by Crippen LogP contribution is -2.30. The van der Waals surface area contributed by atoms with Gasteiger partial charge in [0, 0.05) is 31.5 Å². The van der Waals surface area contributed by atoms with E-state index >= 15 is 0 Å². The fourth-order valence-electron chi connectivity index (χ4n) is 2.63. The Morgan fingerprint density at radius 1 is 1.15 bits per heavy atom. The standard InChI is InChI=1S/C17H23N3/c1-13-4-5-16(14(2)10-13)17(11-18)20(3)12-15-6-8-19-9-7-15/h4-10,17H,11-12,18H2,1-3H3. The molecule has 3 heteroatoms. The van der Waals surface area contributed by atoms with Gasteiger partial charge in [-0.3, -0.25) is 9.88 Å². The number of aryl methyl sites for hydroxylation is 2. The first-order valence-corrected chi connectivity index (χ1v) is 6.98. The molecule has 3 nitrogen and oxygen atoms in total. The molecule has 0 radical (unpaired) electrons. The van der Waals surface area contributed by atoms with Crippen LogP contribution in [-0.2, 0) is 6.54 Å². The van der Waals surface area contributed by atoms with Crippen LogP contribution in [0.2, 0.25) is 0 Å². The first kappa shape index (κ1) is 14.7. The van der Waals surface area contributed by atoms with Crippen LogP contribution in [-0.4, -0.2) is 23.5 Å². The van der Waals surface area contributed by atoms with Crippen LogP contribution in [0.5, 0.6) is 0 Å². The number of hydrogen-bond acceptors (Lipinski definition) is 3. The van der Waals surface area contributed by atoms with E-state index in [2.05, 4.69) is 49.0 Å². The zero-order valence-electron chi connectivity index (χ0n) is 12.5. The van der Waals surface area contributed by atoms with E-state index in [9.17, 15) is 0 Å². The predicted molar refractivity (Wildman–Crippen MR) is 83.4 cm³/mol. The van der Waals surface area contributed by atoms with Crippen LogP contribution in [0.4, 0.5) is 0 Å². The van der Waals surface area contributed by atoms with E-state index in [1.807, 2.05) is 24.5 Å². The Balaban J connectivity index is 2.19. The Bertz CT molecular complexity index is 551. The summed E-state index contributed by atoms with van der Waals surface area (Å²) in [6.07, 6.45) is 3.66. The van der Waals surface area contributed by atoms with Gasteiger partial charge in [0.05, 0.1) is 0 Å². The summed E-state index contributed by atoms with van der Waals surface area (Å²) in [5, 5.41) is 0. The van der Waals surface area contributed by atoms with Crippen LogP contribution in [0.25, 0.3) is 0 Å². The molecule has 2 aromatic rings. The quantitative estimate of drug-likeness (QED) is 0.907. The molecule has 0 fully saturated rings. The molecule has 0 saturated heterocycles. The summed E-state index contributed by atoms with van der Waals surface area (Å²) in [7, 11) is 2.12. The summed E-state index contributed by atoms with van der Waals surface area (Å²) in [6, 6.07) is 10.9. The van der Waals surface area contributed by atoms with Crippen molar-refractivity contribution in [1.82, 2.24) is 9.88 Å². The van der Waals surface area contributed by atoms with Gasteiger partial charge >= 0.3 is 0 Å². The van der Waals surface area contributed by atoms with Crippen molar-refractivity contribution in [2.24, 2.45) is 5.73 Å². The van der Waals surface area contributed by atoms with Crippen LogP contribution in [0, 0.1) is 13.8 Å². The fraction of sp³-hybridized carbons (Fsp3) is 0.353. The molecule has 1 heterocycles. The molecule has 0 amide bonds. The second-order valence-corrected chi connectivity index (χ2v) is 5.38. The van der Waals surface area contributed by atoms with Crippen LogP contribution in [0.3, 0.4) is 0 Å². The van der Waals surface area contributed by atoms with Crippen molar-refractivity contribution in [3.63, 3.8) is 0 Å². The molecule has 2 N–H and O–H groups in total. The molecule has 0 bridgehead atoms. The zero-order valence-corrected chi connectivity index (χ0v) is 12.5. The van der Waals surface area contributed by atoms with Gasteiger partial charge in [-0.25, -0.2) is 0 Å². The number of aromatic nitrogens is 1. The minimum absolute atomic E-state index is 0.240. The summed E-state index contributed by atoms with van der Waals surface area (Å²) < 4.78 is 0. The average Bonchev–Trinajstić information content (AvgIpc) is 2.43. The predicted octanol–water partition coefficient (Wildman–Crippen LogP) is 2.83. The molecule has 1 aromatic carbocycles. The number of nitrogens with zero attached hydrogens (tertiary/aromatic N) is 2. The largest absolute Gasteiger partial charge is 0.329 e. The van der Waals surface area contributed by atoms with Gasteiger partial charge in [-0.15, -0.1) is 0 Å². The second-order valence-electron chi connectivity index (χ2n) is 5.38. The van der Waals surface area contributed by atoms with E-state index in [4.69, 9.17) is 5.73 Å². The molecular formula is C17H23N3. The van der Waals surface area contributed by atoms with E-state index in [1.54, 1.807) is 0 Å². The van der Waals surface area contributed by atoms with E-state index in [0.717, 1.165) is 6.54 Å². The van der Waals surface area contributed by atoms with Crippen molar-refractivity contribution >= 4 is 0 Å². The highest BCUT2D eigenvalue weighted by Crippen LogP contribution is 2.24. The van der Waals surface area contributed by atoms with Crippen molar-refractivity contribution in [2.75, 3.05) is 13.6 Å². The highest BCUT2D eigenvalue weighted by Gasteiger charge is 2.17. The molecule has 106 valence electrons. The summed E-state index contributed by atoms with van der Waals surface area (Å²) in [6.45, 7) is 5.77. The van der Waals surface area contributed by atoms with E-state index < -0.39 is 0 Å². The Morgan fingerprint density at radius 3 is 2.45 bits per heavy atom. The second kappa shape index (κ2) is 6.64. The van der Waals surface area contributed by atoms with Gasteiger partial charge in [0.2, 0.25) is 0 Å². The maximum Gasteiger partial charge on any atom is 0.0473 e. The average molecular weight is 269 g/mol. The number of nitrogens with two attached hydrogens (primary N) is 1. The molecule has 0 saturated carbocycles. The van der Waals surface area contributed by atoms with Crippen molar-refractivity contribution in [2.45, 2.75) is 26.4 Å². The highest BCUT2D eigenvalue weighted by atomic mass is 15.1.